The van der Waals surface area contributed by atoms with Crippen LogP contribution in [0.15, 0.2) is 12.2 Å². The molecule has 2 atom stereocenters. The molecule has 9 nitrogen and oxygen atoms in total. The molecule has 1 unspecified atom stereocenters. The molecule has 0 aliphatic heterocycles. The standard InChI is InChI=1S/C30H58NO8P/c1-6-8-10-12-13-14-15-16-17-18-19-21-23-30(33)39-28(26-36-29(32)22-20-11-9-7-2)27-38-40(34,35)37-25-24-31(3,4)5/h13-14,28H,6-12,15-27H2,1-5H3/p+1/b14-13+/t28-/m0/s1. The van der Waals surface area contributed by atoms with Gasteiger partial charge in [-0.05, 0) is 38.5 Å². The molecule has 0 rings (SSSR count). The van der Waals surface area contributed by atoms with Crippen molar-refractivity contribution in [1.29, 1.82) is 0 Å². The predicted octanol–water partition coefficient (Wildman–Crippen LogP) is 7.12. The molecule has 0 radical (unpaired) electrons. The van der Waals surface area contributed by atoms with Gasteiger partial charge < -0.3 is 18.9 Å². The van der Waals surface area contributed by atoms with E-state index in [1.165, 1.54) is 25.7 Å². The van der Waals surface area contributed by atoms with Gasteiger partial charge in [0.05, 0.1) is 27.7 Å². The summed E-state index contributed by atoms with van der Waals surface area (Å²) >= 11 is 0. The molecule has 0 saturated heterocycles. The van der Waals surface area contributed by atoms with E-state index in [4.69, 9.17) is 18.5 Å². The Morgan fingerprint density at radius 1 is 0.750 bits per heavy atom. The predicted molar refractivity (Wildman–Crippen MR) is 160 cm³/mol. The van der Waals surface area contributed by atoms with Crippen LogP contribution in [-0.2, 0) is 32.7 Å². The Morgan fingerprint density at radius 2 is 1.27 bits per heavy atom. The van der Waals surface area contributed by atoms with Gasteiger partial charge in [0.25, 0.3) is 0 Å². The SMILES string of the molecule is CCCCC/C=C/CCCCCCCC(=O)O[C@@H](COC(=O)CCCCCC)COP(=O)(O)OCC[N+](C)(C)C. The van der Waals surface area contributed by atoms with Crippen LogP contribution in [0, 0.1) is 0 Å². The van der Waals surface area contributed by atoms with Crippen molar-refractivity contribution in [1.82, 2.24) is 0 Å². The number of phosphoric ester groups is 1. The maximum atomic E-state index is 12.4. The number of rotatable bonds is 27. The minimum Gasteiger partial charge on any atom is -0.462 e. The van der Waals surface area contributed by atoms with Gasteiger partial charge in [-0.1, -0.05) is 77.4 Å². The van der Waals surface area contributed by atoms with Crippen molar-refractivity contribution in [2.24, 2.45) is 0 Å². The van der Waals surface area contributed by atoms with E-state index in [-0.39, 0.29) is 32.0 Å². The van der Waals surface area contributed by atoms with E-state index in [1.807, 2.05) is 21.1 Å². The molecule has 0 aliphatic rings. The molecular formula is C30H59NO8P+. The van der Waals surface area contributed by atoms with Gasteiger partial charge in [-0.15, -0.1) is 0 Å². The van der Waals surface area contributed by atoms with Crippen LogP contribution in [0.3, 0.4) is 0 Å². The molecule has 0 amide bonds. The number of carbonyl (C=O) groups excluding carboxylic acids is 2. The smallest absolute Gasteiger partial charge is 0.462 e. The van der Waals surface area contributed by atoms with Crippen molar-refractivity contribution in [3.8, 4) is 0 Å². The Labute approximate surface area is 244 Å². The molecule has 0 fully saturated rings. The molecule has 0 heterocycles. The fourth-order valence-corrected chi connectivity index (χ4v) is 4.51. The highest BCUT2D eigenvalue weighted by atomic mass is 31.2. The number of hydrogen-bond acceptors (Lipinski definition) is 7. The Morgan fingerprint density at radius 3 is 1.90 bits per heavy atom. The van der Waals surface area contributed by atoms with Crippen molar-refractivity contribution >= 4 is 19.8 Å². The number of unbranched alkanes of at least 4 members (excludes halogenated alkanes) is 11. The molecular weight excluding hydrogens is 533 g/mol. The lowest BCUT2D eigenvalue weighted by Crippen LogP contribution is -2.37. The summed E-state index contributed by atoms with van der Waals surface area (Å²) in [6.45, 7) is 4.21. The molecule has 0 bridgehead atoms. The zero-order valence-electron chi connectivity index (χ0n) is 26.1. The summed E-state index contributed by atoms with van der Waals surface area (Å²) in [5.74, 6) is -0.833. The molecule has 10 heteroatoms. The van der Waals surface area contributed by atoms with E-state index in [9.17, 15) is 19.0 Å². The average Bonchev–Trinajstić information content (AvgIpc) is 2.88. The van der Waals surface area contributed by atoms with Crippen molar-refractivity contribution in [3.05, 3.63) is 12.2 Å². The Kier molecular flexibility index (Phi) is 23.6. The van der Waals surface area contributed by atoms with Gasteiger partial charge in [-0.25, -0.2) is 4.57 Å². The molecule has 0 aromatic rings. The summed E-state index contributed by atoms with van der Waals surface area (Å²) in [7, 11) is 1.47. The van der Waals surface area contributed by atoms with Crippen LogP contribution >= 0.6 is 7.82 Å². The molecule has 0 spiro atoms. The lowest BCUT2D eigenvalue weighted by molar-refractivity contribution is -0.870. The largest absolute Gasteiger partial charge is 0.472 e. The first-order valence-corrected chi connectivity index (χ1v) is 16.9. The Hall–Kier alpha value is -1.25. The van der Waals surface area contributed by atoms with Crippen LogP contribution in [0.1, 0.15) is 117 Å². The number of likely N-dealkylation sites (N-methyl/N-ethyl adjacent to an activating group) is 1. The average molecular weight is 593 g/mol. The minimum absolute atomic E-state index is 0.0315. The molecule has 0 aromatic carbocycles. The van der Waals surface area contributed by atoms with E-state index < -0.39 is 26.5 Å². The number of carbonyl (C=O) groups is 2. The van der Waals surface area contributed by atoms with Gasteiger partial charge in [0.1, 0.15) is 19.8 Å². The van der Waals surface area contributed by atoms with Crippen LogP contribution in [0.25, 0.3) is 0 Å². The fourth-order valence-electron chi connectivity index (χ4n) is 3.77. The molecule has 0 aromatic heterocycles. The second kappa shape index (κ2) is 24.4. The third-order valence-electron chi connectivity index (χ3n) is 6.30. The third kappa shape index (κ3) is 26.9. The molecule has 1 N–H and O–H groups in total. The van der Waals surface area contributed by atoms with E-state index in [0.717, 1.165) is 57.8 Å². The van der Waals surface area contributed by atoms with E-state index in [1.54, 1.807) is 0 Å². The number of allylic oxidation sites excluding steroid dienone is 2. The molecule has 0 saturated carbocycles. The number of esters is 2. The van der Waals surface area contributed by atoms with E-state index in [2.05, 4.69) is 26.0 Å². The van der Waals surface area contributed by atoms with Crippen molar-refractivity contribution < 1.29 is 42.1 Å². The summed E-state index contributed by atoms with van der Waals surface area (Å²) < 4.78 is 33.7. The van der Waals surface area contributed by atoms with Crippen LogP contribution in [0.5, 0.6) is 0 Å². The fraction of sp³-hybridized carbons (Fsp3) is 0.867. The summed E-state index contributed by atoms with van der Waals surface area (Å²) in [6, 6.07) is 0. The molecule has 40 heavy (non-hydrogen) atoms. The van der Waals surface area contributed by atoms with Gasteiger partial charge in [-0.3, -0.25) is 18.6 Å². The number of ether oxygens (including phenoxy) is 2. The second-order valence-corrected chi connectivity index (χ2v) is 12.9. The number of hydrogen-bond donors (Lipinski definition) is 1. The third-order valence-corrected chi connectivity index (χ3v) is 7.28. The lowest BCUT2D eigenvalue weighted by Gasteiger charge is -2.24. The second-order valence-electron chi connectivity index (χ2n) is 11.5. The summed E-state index contributed by atoms with van der Waals surface area (Å²) in [6.07, 6.45) is 18.9. The van der Waals surface area contributed by atoms with E-state index in [0.29, 0.717) is 17.4 Å². The first kappa shape index (κ1) is 38.8. The number of phosphoric acid groups is 1. The Balaban J connectivity index is 4.47. The van der Waals surface area contributed by atoms with Crippen LogP contribution < -0.4 is 0 Å². The molecule has 0 aliphatic carbocycles. The number of nitrogens with zero attached hydrogens (tertiary/aromatic N) is 1. The zero-order chi connectivity index (χ0) is 30.1. The first-order valence-electron chi connectivity index (χ1n) is 15.4. The van der Waals surface area contributed by atoms with Crippen LogP contribution in [0.4, 0.5) is 0 Å². The highest BCUT2D eigenvalue weighted by molar-refractivity contribution is 7.47. The zero-order valence-corrected chi connectivity index (χ0v) is 27.0. The van der Waals surface area contributed by atoms with Gasteiger partial charge >= 0.3 is 19.8 Å². The highest BCUT2D eigenvalue weighted by Gasteiger charge is 2.27. The van der Waals surface area contributed by atoms with Gasteiger partial charge in [0.2, 0.25) is 0 Å². The van der Waals surface area contributed by atoms with Crippen LogP contribution in [-0.4, -0.2) is 74.9 Å². The van der Waals surface area contributed by atoms with Gasteiger partial charge in [0.15, 0.2) is 6.10 Å². The summed E-state index contributed by atoms with van der Waals surface area (Å²) in [5, 5.41) is 0. The van der Waals surface area contributed by atoms with E-state index >= 15 is 0 Å². The van der Waals surface area contributed by atoms with Crippen LogP contribution in [0.2, 0.25) is 0 Å². The van der Waals surface area contributed by atoms with Crippen molar-refractivity contribution in [2.75, 3.05) is 47.5 Å². The minimum atomic E-state index is -4.34. The number of quaternary nitrogens is 1. The topological polar surface area (TPSA) is 108 Å². The Bertz CT molecular complexity index is 723. The summed E-state index contributed by atoms with van der Waals surface area (Å²) in [4.78, 5) is 34.5. The molecule has 236 valence electrons. The van der Waals surface area contributed by atoms with Gasteiger partial charge in [0, 0.05) is 12.8 Å². The maximum absolute atomic E-state index is 12.4. The lowest BCUT2D eigenvalue weighted by atomic mass is 10.1. The van der Waals surface area contributed by atoms with Crippen molar-refractivity contribution in [3.63, 3.8) is 0 Å². The normalized spacial score (nSPS) is 14.2. The first-order chi connectivity index (χ1) is 19.0. The summed E-state index contributed by atoms with van der Waals surface area (Å²) in [5.41, 5.74) is 0. The maximum Gasteiger partial charge on any atom is 0.472 e. The van der Waals surface area contributed by atoms with Crippen molar-refractivity contribution in [2.45, 2.75) is 123 Å². The quantitative estimate of drug-likeness (QED) is 0.0353. The monoisotopic (exact) mass is 592 g/mol. The highest BCUT2D eigenvalue weighted by Crippen LogP contribution is 2.43. The van der Waals surface area contributed by atoms with Gasteiger partial charge in [-0.2, -0.15) is 0 Å².